The molecule has 27 heavy (non-hydrogen) atoms. The molecule has 3 rings (SSSR count). The van der Waals surface area contributed by atoms with Gasteiger partial charge in [-0.05, 0) is 56.5 Å². The smallest absolute Gasteiger partial charge is 0.227 e. The Kier molecular flexibility index (Phi) is 6.72. The first-order chi connectivity index (χ1) is 13.1. The van der Waals surface area contributed by atoms with E-state index in [1.165, 1.54) is 6.42 Å². The Hall–Kier alpha value is -2.08. The largest absolute Gasteiger partial charge is 0.497 e. The molecule has 1 atom stereocenters. The van der Waals surface area contributed by atoms with Crippen molar-refractivity contribution in [2.75, 3.05) is 40.3 Å². The van der Waals surface area contributed by atoms with Gasteiger partial charge in [-0.1, -0.05) is 12.1 Å². The van der Waals surface area contributed by atoms with Crippen molar-refractivity contribution >= 4 is 11.8 Å². The third-order valence-corrected chi connectivity index (χ3v) is 5.83. The van der Waals surface area contributed by atoms with E-state index in [0.717, 1.165) is 43.8 Å². The monoisotopic (exact) mass is 373 g/mol. The number of amides is 2. The second-order valence-corrected chi connectivity index (χ2v) is 7.68. The second-order valence-electron chi connectivity index (χ2n) is 7.68. The van der Waals surface area contributed by atoms with E-state index in [-0.39, 0.29) is 17.7 Å². The number of nitrogens with one attached hydrogen (secondary N) is 1. The van der Waals surface area contributed by atoms with Gasteiger partial charge in [-0.15, -0.1) is 0 Å². The molecule has 148 valence electrons. The second kappa shape index (κ2) is 9.22. The number of ether oxygens (including phenoxy) is 1. The predicted molar refractivity (Wildman–Crippen MR) is 104 cm³/mol. The first kappa shape index (κ1) is 19.7. The molecule has 0 aliphatic carbocycles. The lowest BCUT2D eigenvalue weighted by atomic mass is 9.92. The van der Waals surface area contributed by atoms with Crippen molar-refractivity contribution in [3.8, 4) is 5.75 Å². The Bertz CT molecular complexity index is 639. The molecule has 0 aromatic heterocycles. The maximum Gasteiger partial charge on any atom is 0.227 e. The topological polar surface area (TPSA) is 61.9 Å². The van der Waals surface area contributed by atoms with Crippen molar-refractivity contribution in [3.63, 3.8) is 0 Å². The van der Waals surface area contributed by atoms with Crippen LogP contribution in [0.2, 0.25) is 0 Å². The maximum atomic E-state index is 12.9. The molecule has 2 heterocycles. The summed E-state index contributed by atoms with van der Waals surface area (Å²) >= 11 is 0. The Labute approximate surface area is 161 Å². The highest BCUT2D eigenvalue weighted by atomic mass is 16.5. The molecule has 1 aromatic carbocycles. The maximum absolute atomic E-state index is 12.9. The first-order valence-corrected chi connectivity index (χ1v) is 9.94. The number of hydrogen-bond acceptors (Lipinski definition) is 4. The van der Waals surface area contributed by atoms with E-state index in [2.05, 4.69) is 5.32 Å². The number of carbonyl (C=O) groups excluding carboxylic acids is 2. The first-order valence-electron chi connectivity index (χ1n) is 9.94. The molecule has 2 amide bonds. The Morgan fingerprint density at radius 3 is 2.56 bits per heavy atom. The summed E-state index contributed by atoms with van der Waals surface area (Å²) in [5.41, 5.74) is 1.06. The Morgan fingerprint density at radius 1 is 1.22 bits per heavy atom. The van der Waals surface area contributed by atoms with Crippen LogP contribution in [-0.4, -0.2) is 62.0 Å². The Morgan fingerprint density at radius 2 is 1.93 bits per heavy atom. The SMILES string of the molecule is CNCCC1CCN(C(=O)C2CC(=O)N(Cc3ccc(OC)cc3)C2)CC1. The summed E-state index contributed by atoms with van der Waals surface area (Å²) in [6.07, 6.45) is 3.66. The lowest BCUT2D eigenvalue weighted by molar-refractivity contribution is -0.137. The van der Waals surface area contributed by atoms with Crippen molar-refractivity contribution in [3.05, 3.63) is 29.8 Å². The molecule has 1 N–H and O–H groups in total. The fourth-order valence-corrected chi connectivity index (χ4v) is 4.09. The standard InChI is InChI=1S/C21H31N3O3/c1-22-10-7-16-8-11-23(12-9-16)21(26)18-13-20(25)24(15-18)14-17-3-5-19(27-2)6-4-17/h3-6,16,18,22H,7-15H2,1-2H3. The zero-order valence-electron chi connectivity index (χ0n) is 16.4. The van der Waals surface area contributed by atoms with Crippen LogP contribution in [0.15, 0.2) is 24.3 Å². The molecule has 1 unspecified atom stereocenters. The summed E-state index contributed by atoms with van der Waals surface area (Å²) in [5, 5.41) is 3.20. The van der Waals surface area contributed by atoms with E-state index in [4.69, 9.17) is 4.74 Å². The van der Waals surface area contributed by atoms with Crippen molar-refractivity contribution in [1.82, 2.24) is 15.1 Å². The predicted octanol–water partition coefficient (Wildman–Crippen LogP) is 1.89. The molecule has 2 aliphatic rings. The van der Waals surface area contributed by atoms with Crippen LogP contribution in [0.3, 0.4) is 0 Å². The number of likely N-dealkylation sites (tertiary alicyclic amines) is 2. The fourth-order valence-electron chi connectivity index (χ4n) is 4.09. The number of nitrogens with zero attached hydrogens (tertiary/aromatic N) is 2. The highest BCUT2D eigenvalue weighted by molar-refractivity contribution is 5.89. The van der Waals surface area contributed by atoms with Crippen LogP contribution in [0.25, 0.3) is 0 Å². The molecule has 2 aliphatic heterocycles. The van der Waals surface area contributed by atoms with Crippen LogP contribution in [0.4, 0.5) is 0 Å². The minimum atomic E-state index is -0.190. The number of carbonyl (C=O) groups is 2. The molecule has 0 bridgehead atoms. The summed E-state index contributed by atoms with van der Waals surface area (Å²) in [4.78, 5) is 29.0. The van der Waals surface area contributed by atoms with Gasteiger partial charge in [0.25, 0.3) is 0 Å². The number of methoxy groups -OCH3 is 1. The normalized spacial score (nSPS) is 21.0. The van der Waals surface area contributed by atoms with E-state index in [1.54, 1.807) is 7.11 Å². The van der Waals surface area contributed by atoms with Crippen LogP contribution in [0, 0.1) is 11.8 Å². The molecule has 0 spiro atoms. The number of hydrogen-bond donors (Lipinski definition) is 1. The van der Waals surface area contributed by atoms with Gasteiger partial charge in [-0.2, -0.15) is 0 Å². The molecular weight excluding hydrogens is 342 g/mol. The van der Waals surface area contributed by atoms with Gasteiger partial charge >= 0.3 is 0 Å². The molecule has 2 saturated heterocycles. The van der Waals surface area contributed by atoms with Gasteiger partial charge in [0.1, 0.15) is 5.75 Å². The van der Waals surface area contributed by atoms with Crippen LogP contribution >= 0.6 is 0 Å². The van der Waals surface area contributed by atoms with E-state index < -0.39 is 0 Å². The quantitative estimate of drug-likeness (QED) is 0.793. The summed E-state index contributed by atoms with van der Waals surface area (Å²) in [5.74, 6) is 1.56. The van der Waals surface area contributed by atoms with Gasteiger partial charge < -0.3 is 19.9 Å². The molecule has 2 fully saturated rings. The third kappa shape index (κ3) is 5.01. The van der Waals surface area contributed by atoms with Crippen molar-refractivity contribution in [1.29, 1.82) is 0 Å². The zero-order valence-corrected chi connectivity index (χ0v) is 16.4. The number of piperidine rings is 1. The van der Waals surface area contributed by atoms with Crippen LogP contribution < -0.4 is 10.1 Å². The summed E-state index contributed by atoms with van der Waals surface area (Å²) < 4.78 is 5.17. The minimum Gasteiger partial charge on any atom is -0.497 e. The molecule has 6 heteroatoms. The van der Waals surface area contributed by atoms with Crippen LogP contribution in [0.5, 0.6) is 5.75 Å². The Balaban J connectivity index is 1.50. The van der Waals surface area contributed by atoms with Gasteiger partial charge in [0.05, 0.1) is 13.0 Å². The van der Waals surface area contributed by atoms with Crippen molar-refractivity contribution in [2.45, 2.75) is 32.2 Å². The van der Waals surface area contributed by atoms with Crippen molar-refractivity contribution in [2.24, 2.45) is 11.8 Å². The van der Waals surface area contributed by atoms with Crippen LogP contribution in [0.1, 0.15) is 31.2 Å². The third-order valence-electron chi connectivity index (χ3n) is 5.83. The zero-order chi connectivity index (χ0) is 19.2. The van der Waals surface area contributed by atoms with Crippen molar-refractivity contribution < 1.29 is 14.3 Å². The van der Waals surface area contributed by atoms with Gasteiger partial charge in [0, 0.05) is 32.6 Å². The van der Waals surface area contributed by atoms with E-state index in [1.807, 2.05) is 41.1 Å². The molecule has 0 saturated carbocycles. The van der Waals surface area contributed by atoms with Crippen LogP contribution in [-0.2, 0) is 16.1 Å². The van der Waals surface area contributed by atoms with E-state index in [9.17, 15) is 9.59 Å². The number of benzene rings is 1. The highest BCUT2D eigenvalue weighted by Crippen LogP contribution is 2.26. The van der Waals surface area contributed by atoms with Gasteiger partial charge in [0.15, 0.2) is 0 Å². The summed E-state index contributed by atoms with van der Waals surface area (Å²) in [7, 11) is 3.62. The van der Waals surface area contributed by atoms with Gasteiger partial charge in [-0.25, -0.2) is 0 Å². The van der Waals surface area contributed by atoms with E-state index >= 15 is 0 Å². The lowest BCUT2D eigenvalue weighted by Crippen LogP contribution is -2.42. The minimum absolute atomic E-state index is 0.0769. The molecule has 1 aromatic rings. The average Bonchev–Trinajstić information content (AvgIpc) is 3.07. The fraction of sp³-hybridized carbons (Fsp3) is 0.619. The summed E-state index contributed by atoms with van der Waals surface area (Å²) in [6.45, 7) is 3.78. The molecule has 0 radical (unpaired) electrons. The molecule has 6 nitrogen and oxygen atoms in total. The summed E-state index contributed by atoms with van der Waals surface area (Å²) in [6, 6.07) is 7.74. The lowest BCUT2D eigenvalue weighted by Gasteiger charge is -2.33. The number of rotatable bonds is 7. The molecular formula is C21H31N3O3. The average molecular weight is 373 g/mol. The van der Waals surface area contributed by atoms with E-state index in [0.29, 0.717) is 25.4 Å². The highest BCUT2D eigenvalue weighted by Gasteiger charge is 2.37. The van der Waals surface area contributed by atoms with Gasteiger partial charge in [-0.3, -0.25) is 9.59 Å². The van der Waals surface area contributed by atoms with Gasteiger partial charge in [0.2, 0.25) is 11.8 Å².